The predicted octanol–water partition coefficient (Wildman–Crippen LogP) is 1.58. The number of hydrogen-bond acceptors (Lipinski definition) is 6. The van der Waals surface area contributed by atoms with Crippen molar-refractivity contribution < 1.29 is 14.6 Å². The van der Waals surface area contributed by atoms with Crippen molar-refractivity contribution in [2.45, 2.75) is 6.54 Å². The van der Waals surface area contributed by atoms with Crippen molar-refractivity contribution in [1.29, 1.82) is 0 Å². The molecule has 2 aromatic rings. The lowest BCUT2D eigenvalue weighted by atomic mass is 10.1. The van der Waals surface area contributed by atoms with Crippen molar-refractivity contribution >= 4 is 17.2 Å². The van der Waals surface area contributed by atoms with Gasteiger partial charge in [-0.1, -0.05) is 0 Å². The molecule has 0 N–H and O–H groups in total. The lowest BCUT2D eigenvalue weighted by molar-refractivity contribution is -0.385. The van der Waals surface area contributed by atoms with Gasteiger partial charge in [0.1, 0.15) is 18.9 Å². The van der Waals surface area contributed by atoms with Crippen LogP contribution in [0.3, 0.4) is 0 Å². The average Bonchev–Trinajstić information content (AvgIpc) is 2.87. The third kappa shape index (κ3) is 2.83. The molecule has 0 aliphatic carbocycles. The maximum absolute atomic E-state index is 11.9. The van der Waals surface area contributed by atoms with Crippen molar-refractivity contribution in [1.82, 2.24) is 9.78 Å². The van der Waals surface area contributed by atoms with E-state index in [-0.39, 0.29) is 29.3 Å². The van der Waals surface area contributed by atoms with E-state index >= 15 is 0 Å². The molecule has 0 unspecified atom stereocenters. The molecule has 0 spiro atoms. The summed E-state index contributed by atoms with van der Waals surface area (Å²) in [5.74, 6) is -0.349. The first kappa shape index (κ1) is 13.3. The first-order valence-corrected chi connectivity index (χ1v) is 5.42. The van der Waals surface area contributed by atoms with E-state index < -0.39 is 9.85 Å². The van der Waals surface area contributed by atoms with Gasteiger partial charge in [-0.25, -0.2) is 0 Å². The number of nitrogens with zero attached hydrogens (tertiary/aromatic N) is 4. The summed E-state index contributed by atoms with van der Waals surface area (Å²) in [6.45, 7) is -0.175. The number of Topliss-reactive ketones (excluding diaryl/α,β-unsaturated/α-hetero) is 1. The van der Waals surface area contributed by atoms with E-state index in [1.54, 1.807) is 0 Å². The summed E-state index contributed by atoms with van der Waals surface area (Å²) in [6, 6.07) is 5.11. The largest absolute Gasteiger partial charge is 0.307 e. The second-order valence-corrected chi connectivity index (χ2v) is 3.88. The van der Waals surface area contributed by atoms with Gasteiger partial charge in [0.05, 0.1) is 9.85 Å². The fraction of sp³-hybridized carbons (Fsp3) is 0.0909. The number of non-ortho nitro benzene ring substituents is 1. The highest BCUT2D eigenvalue weighted by molar-refractivity contribution is 5.96. The van der Waals surface area contributed by atoms with Gasteiger partial charge in [-0.05, 0) is 12.1 Å². The first-order valence-electron chi connectivity index (χ1n) is 5.42. The fourth-order valence-corrected chi connectivity index (χ4v) is 1.54. The number of aromatic nitrogens is 2. The third-order valence-electron chi connectivity index (χ3n) is 2.54. The number of carbonyl (C=O) groups excluding carboxylic acids is 1. The smallest absolute Gasteiger partial charge is 0.292 e. The van der Waals surface area contributed by atoms with E-state index in [4.69, 9.17) is 0 Å². The molecule has 9 nitrogen and oxygen atoms in total. The molecule has 2 rings (SSSR count). The molecule has 0 bridgehead atoms. The minimum Gasteiger partial charge on any atom is -0.292 e. The highest BCUT2D eigenvalue weighted by atomic mass is 16.6. The van der Waals surface area contributed by atoms with Crippen LogP contribution in [0.15, 0.2) is 36.7 Å². The van der Waals surface area contributed by atoms with Crippen molar-refractivity contribution in [2.24, 2.45) is 0 Å². The average molecular weight is 276 g/mol. The Bertz CT molecular complexity index is 676. The molecule has 0 atom stereocenters. The number of rotatable bonds is 5. The molecule has 1 heterocycles. The zero-order chi connectivity index (χ0) is 14.7. The number of hydrogen-bond donors (Lipinski definition) is 0. The minimum absolute atomic E-state index is 0.115. The van der Waals surface area contributed by atoms with E-state index in [9.17, 15) is 25.0 Å². The minimum atomic E-state index is -0.611. The van der Waals surface area contributed by atoms with Gasteiger partial charge < -0.3 is 0 Å². The summed E-state index contributed by atoms with van der Waals surface area (Å²) in [7, 11) is 0. The van der Waals surface area contributed by atoms with Crippen LogP contribution in [0.1, 0.15) is 10.4 Å². The van der Waals surface area contributed by atoms with Crippen LogP contribution in [-0.4, -0.2) is 25.4 Å². The molecule has 1 aromatic carbocycles. The quantitative estimate of drug-likeness (QED) is 0.464. The van der Waals surface area contributed by atoms with Gasteiger partial charge >= 0.3 is 5.69 Å². The molecule has 9 heteroatoms. The lowest BCUT2D eigenvalue weighted by Gasteiger charge is -2.00. The summed E-state index contributed by atoms with van der Waals surface area (Å²) in [5.41, 5.74) is -0.0495. The zero-order valence-corrected chi connectivity index (χ0v) is 10.0. The lowest BCUT2D eigenvalue weighted by Crippen LogP contribution is -2.10. The second kappa shape index (κ2) is 5.26. The number of nitro benzene ring substituents is 1. The molecule has 0 saturated heterocycles. The molecule has 0 saturated carbocycles. The van der Waals surface area contributed by atoms with Crippen LogP contribution < -0.4 is 0 Å². The molecule has 0 aliphatic heterocycles. The zero-order valence-electron chi connectivity index (χ0n) is 10.0. The number of carbonyl (C=O) groups is 1. The fourth-order valence-electron chi connectivity index (χ4n) is 1.54. The normalized spacial score (nSPS) is 10.2. The molecule has 1 aromatic heterocycles. The van der Waals surface area contributed by atoms with Crippen LogP contribution in [0, 0.1) is 20.2 Å². The maximum Gasteiger partial charge on any atom is 0.307 e. The van der Waals surface area contributed by atoms with Crippen LogP contribution in [-0.2, 0) is 6.54 Å². The molecule has 0 radical (unpaired) electrons. The van der Waals surface area contributed by atoms with Gasteiger partial charge in [0.15, 0.2) is 5.78 Å². The molecule has 102 valence electrons. The predicted molar refractivity (Wildman–Crippen MR) is 66.3 cm³/mol. The topological polar surface area (TPSA) is 121 Å². The summed E-state index contributed by atoms with van der Waals surface area (Å²) in [6.07, 6.45) is 2.19. The molecular formula is C11H8N4O5. The number of nitro groups is 2. The Labute approximate surface area is 111 Å². The van der Waals surface area contributed by atoms with Gasteiger partial charge in [-0.3, -0.25) is 29.7 Å². The summed E-state index contributed by atoms with van der Waals surface area (Å²) in [5, 5.41) is 24.7. The second-order valence-electron chi connectivity index (χ2n) is 3.88. The van der Waals surface area contributed by atoms with E-state index in [1.165, 1.54) is 24.3 Å². The van der Waals surface area contributed by atoms with Crippen molar-refractivity contribution in [2.75, 3.05) is 0 Å². The van der Waals surface area contributed by atoms with Crippen molar-refractivity contribution in [3.63, 3.8) is 0 Å². The Morgan fingerprint density at radius 3 is 2.20 bits per heavy atom. The summed E-state index contributed by atoms with van der Waals surface area (Å²) < 4.78 is 1.14. The SMILES string of the molecule is O=C(Cn1cc([N+](=O)[O-])cn1)c1ccc([N+](=O)[O-])cc1. The number of benzene rings is 1. The van der Waals surface area contributed by atoms with Gasteiger partial charge in [0.2, 0.25) is 0 Å². The van der Waals surface area contributed by atoms with Crippen LogP contribution in [0.4, 0.5) is 11.4 Å². The van der Waals surface area contributed by atoms with Gasteiger partial charge in [-0.2, -0.15) is 5.10 Å². The van der Waals surface area contributed by atoms with Gasteiger partial charge in [0, 0.05) is 17.7 Å². The van der Waals surface area contributed by atoms with E-state index in [0.29, 0.717) is 0 Å². The van der Waals surface area contributed by atoms with Crippen LogP contribution in [0.25, 0.3) is 0 Å². The maximum atomic E-state index is 11.9. The Kier molecular flexibility index (Phi) is 3.51. The Morgan fingerprint density at radius 1 is 1.10 bits per heavy atom. The van der Waals surface area contributed by atoms with Crippen molar-refractivity contribution in [3.8, 4) is 0 Å². The van der Waals surface area contributed by atoms with Crippen LogP contribution in [0.5, 0.6) is 0 Å². The standard InChI is InChI=1S/C11H8N4O5/c16-11(7-13-6-10(5-12-13)15(19)20)8-1-3-9(4-2-8)14(17)18/h1-6H,7H2. The molecule has 20 heavy (non-hydrogen) atoms. The van der Waals surface area contributed by atoms with E-state index in [0.717, 1.165) is 17.1 Å². The molecule has 0 aliphatic rings. The van der Waals surface area contributed by atoms with E-state index in [1.807, 2.05) is 0 Å². The van der Waals surface area contributed by atoms with Crippen molar-refractivity contribution in [3.05, 3.63) is 62.5 Å². The van der Waals surface area contributed by atoms with Crippen LogP contribution in [0.2, 0.25) is 0 Å². The summed E-state index contributed by atoms with van der Waals surface area (Å²) >= 11 is 0. The highest BCUT2D eigenvalue weighted by Gasteiger charge is 2.13. The number of ketones is 1. The van der Waals surface area contributed by atoms with Gasteiger partial charge in [0.25, 0.3) is 5.69 Å². The Morgan fingerprint density at radius 2 is 1.70 bits per heavy atom. The van der Waals surface area contributed by atoms with Gasteiger partial charge in [-0.15, -0.1) is 0 Å². The molecular weight excluding hydrogens is 268 g/mol. The molecule has 0 fully saturated rings. The first-order chi connectivity index (χ1) is 9.47. The highest BCUT2D eigenvalue weighted by Crippen LogP contribution is 2.13. The van der Waals surface area contributed by atoms with Crippen LogP contribution >= 0.6 is 0 Å². The Hall–Kier alpha value is -3.10. The molecule has 0 amide bonds. The third-order valence-corrected chi connectivity index (χ3v) is 2.54. The van der Waals surface area contributed by atoms with E-state index in [2.05, 4.69) is 5.10 Å². The summed E-state index contributed by atoms with van der Waals surface area (Å²) in [4.78, 5) is 31.7. The Balaban J connectivity index is 2.11. The monoisotopic (exact) mass is 276 g/mol.